The molecule has 116 valence electrons. The lowest BCUT2D eigenvalue weighted by Crippen LogP contribution is -2.46. The molecule has 0 radical (unpaired) electrons. The van der Waals surface area contributed by atoms with E-state index in [4.69, 9.17) is 5.11 Å². The molecule has 2 N–H and O–H groups in total. The summed E-state index contributed by atoms with van der Waals surface area (Å²) in [6, 6.07) is 4.58. The van der Waals surface area contributed by atoms with Crippen molar-refractivity contribution in [2.75, 3.05) is 11.9 Å². The molecule has 1 aromatic carbocycles. The quantitative estimate of drug-likeness (QED) is 0.846. The SMILES string of the molecule is CCCCC(NC(=O)N(C)c1cc(C)cc(C)c1)C(=O)O. The number of nitrogens with one attached hydrogen (secondary N) is 1. The molecule has 0 aromatic heterocycles. The zero-order valence-corrected chi connectivity index (χ0v) is 13.1. The van der Waals surface area contributed by atoms with E-state index in [0.29, 0.717) is 6.42 Å². The molecular weight excluding hydrogens is 268 g/mol. The highest BCUT2D eigenvalue weighted by Crippen LogP contribution is 2.17. The molecule has 0 heterocycles. The second kappa shape index (κ2) is 7.67. The summed E-state index contributed by atoms with van der Waals surface area (Å²) in [4.78, 5) is 24.8. The van der Waals surface area contributed by atoms with Crippen molar-refractivity contribution < 1.29 is 14.7 Å². The first-order chi connectivity index (χ1) is 9.85. The second-order valence-electron chi connectivity index (χ2n) is 5.39. The van der Waals surface area contributed by atoms with Gasteiger partial charge >= 0.3 is 12.0 Å². The van der Waals surface area contributed by atoms with Gasteiger partial charge in [-0.2, -0.15) is 0 Å². The van der Waals surface area contributed by atoms with Gasteiger partial charge in [-0.05, 0) is 43.5 Å². The van der Waals surface area contributed by atoms with Gasteiger partial charge in [0.2, 0.25) is 0 Å². The third-order valence-electron chi connectivity index (χ3n) is 3.34. The van der Waals surface area contributed by atoms with Crippen LogP contribution in [-0.2, 0) is 4.79 Å². The van der Waals surface area contributed by atoms with Gasteiger partial charge in [-0.3, -0.25) is 4.90 Å². The molecule has 2 amide bonds. The maximum atomic E-state index is 12.2. The predicted octanol–water partition coefficient (Wildman–Crippen LogP) is 3.09. The zero-order valence-electron chi connectivity index (χ0n) is 13.1. The molecule has 21 heavy (non-hydrogen) atoms. The molecule has 5 nitrogen and oxygen atoms in total. The number of nitrogens with zero attached hydrogens (tertiary/aromatic N) is 1. The van der Waals surface area contributed by atoms with Crippen LogP contribution in [0.25, 0.3) is 0 Å². The van der Waals surface area contributed by atoms with Crippen molar-refractivity contribution in [1.82, 2.24) is 5.32 Å². The van der Waals surface area contributed by atoms with Gasteiger partial charge in [0.25, 0.3) is 0 Å². The Hall–Kier alpha value is -2.04. The largest absolute Gasteiger partial charge is 0.480 e. The fraction of sp³-hybridized carbons (Fsp3) is 0.500. The minimum absolute atomic E-state index is 0.400. The summed E-state index contributed by atoms with van der Waals surface area (Å²) in [7, 11) is 1.64. The van der Waals surface area contributed by atoms with E-state index in [9.17, 15) is 9.59 Å². The Labute approximate surface area is 126 Å². The van der Waals surface area contributed by atoms with Crippen molar-refractivity contribution in [3.63, 3.8) is 0 Å². The molecule has 0 saturated heterocycles. The summed E-state index contributed by atoms with van der Waals surface area (Å²) in [5, 5.41) is 11.7. The number of rotatable bonds is 6. The number of unbranched alkanes of at least 4 members (excludes halogenated alkanes) is 1. The summed E-state index contributed by atoms with van der Waals surface area (Å²) in [6.07, 6.45) is 2.11. The summed E-state index contributed by atoms with van der Waals surface area (Å²) in [5.41, 5.74) is 2.88. The number of urea groups is 1. The normalized spacial score (nSPS) is 11.8. The maximum Gasteiger partial charge on any atom is 0.326 e. The number of carboxylic acids is 1. The van der Waals surface area contributed by atoms with Gasteiger partial charge in [0, 0.05) is 12.7 Å². The number of aliphatic carboxylic acids is 1. The van der Waals surface area contributed by atoms with Crippen LogP contribution in [0, 0.1) is 13.8 Å². The second-order valence-corrected chi connectivity index (χ2v) is 5.39. The van der Waals surface area contributed by atoms with Gasteiger partial charge in [-0.15, -0.1) is 0 Å². The first kappa shape index (κ1) is 17.0. The van der Waals surface area contributed by atoms with Crippen molar-refractivity contribution in [1.29, 1.82) is 0 Å². The number of amides is 2. The summed E-state index contributed by atoms with van der Waals surface area (Å²) >= 11 is 0. The van der Waals surface area contributed by atoms with E-state index in [0.717, 1.165) is 29.7 Å². The van der Waals surface area contributed by atoms with Crippen LogP contribution in [0.15, 0.2) is 18.2 Å². The van der Waals surface area contributed by atoms with Crippen LogP contribution in [0.1, 0.15) is 37.3 Å². The van der Waals surface area contributed by atoms with Crippen LogP contribution in [0.4, 0.5) is 10.5 Å². The van der Waals surface area contributed by atoms with E-state index in [1.807, 2.05) is 39.0 Å². The average Bonchev–Trinajstić information content (AvgIpc) is 2.40. The molecule has 0 aliphatic carbocycles. The van der Waals surface area contributed by atoms with Crippen LogP contribution >= 0.6 is 0 Å². The van der Waals surface area contributed by atoms with E-state index in [1.54, 1.807) is 7.05 Å². The molecule has 0 spiro atoms. The third-order valence-corrected chi connectivity index (χ3v) is 3.34. The molecule has 1 atom stereocenters. The predicted molar refractivity (Wildman–Crippen MR) is 83.8 cm³/mol. The summed E-state index contributed by atoms with van der Waals surface area (Å²) in [6.45, 7) is 5.91. The number of carbonyl (C=O) groups excluding carboxylic acids is 1. The molecule has 1 rings (SSSR count). The third kappa shape index (κ3) is 5.10. The molecule has 0 aliphatic heterocycles. The van der Waals surface area contributed by atoms with Crippen molar-refractivity contribution in [3.05, 3.63) is 29.3 Å². The van der Waals surface area contributed by atoms with Crippen molar-refractivity contribution in [2.24, 2.45) is 0 Å². The van der Waals surface area contributed by atoms with Gasteiger partial charge in [-0.25, -0.2) is 9.59 Å². The fourth-order valence-corrected chi connectivity index (χ4v) is 2.17. The number of aryl methyl sites for hydroxylation is 2. The molecule has 0 aliphatic rings. The molecular formula is C16H24N2O3. The van der Waals surface area contributed by atoms with Gasteiger partial charge in [0.1, 0.15) is 6.04 Å². The van der Waals surface area contributed by atoms with Crippen molar-refractivity contribution in [2.45, 2.75) is 46.1 Å². The summed E-state index contributed by atoms with van der Waals surface area (Å²) < 4.78 is 0. The lowest BCUT2D eigenvalue weighted by atomic mass is 10.1. The number of anilines is 1. The number of hydrogen-bond acceptors (Lipinski definition) is 2. The molecule has 0 bridgehead atoms. The number of carbonyl (C=O) groups is 2. The van der Waals surface area contributed by atoms with Crippen molar-refractivity contribution in [3.8, 4) is 0 Å². The van der Waals surface area contributed by atoms with Gasteiger partial charge < -0.3 is 10.4 Å². The maximum absolute atomic E-state index is 12.2. The van der Waals surface area contributed by atoms with Crippen LogP contribution in [-0.4, -0.2) is 30.2 Å². The number of hydrogen-bond donors (Lipinski definition) is 2. The van der Waals surface area contributed by atoms with Gasteiger partial charge in [-0.1, -0.05) is 25.8 Å². The Bertz CT molecular complexity index is 494. The monoisotopic (exact) mass is 292 g/mol. The lowest BCUT2D eigenvalue weighted by molar-refractivity contribution is -0.139. The van der Waals surface area contributed by atoms with E-state index >= 15 is 0 Å². The van der Waals surface area contributed by atoms with E-state index in [1.165, 1.54) is 4.90 Å². The number of carboxylic acid groups (broad SMARTS) is 1. The fourth-order valence-electron chi connectivity index (χ4n) is 2.17. The Morgan fingerprint density at radius 2 is 1.81 bits per heavy atom. The highest BCUT2D eigenvalue weighted by Gasteiger charge is 2.21. The first-order valence-electron chi connectivity index (χ1n) is 7.20. The Morgan fingerprint density at radius 3 is 2.29 bits per heavy atom. The Kier molecular flexibility index (Phi) is 6.21. The Balaban J connectivity index is 2.78. The van der Waals surface area contributed by atoms with Crippen molar-refractivity contribution >= 4 is 17.7 Å². The van der Waals surface area contributed by atoms with Gasteiger partial charge in [0.05, 0.1) is 0 Å². The molecule has 0 fully saturated rings. The standard InChI is InChI=1S/C16H24N2O3/c1-5-6-7-14(15(19)20)17-16(21)18(4)13-9-11(2)8-12(3)10-13/h8-10,14H,5-7H2,1-4H3,(H,17,21)(H,19,20). The van der Waals surface area contributed by atoms with Gasteiger partial charge in [0.15, 0.2) is 0 Å². The van der Waals surface area contributed by atoms with Crippen LogP contribution in [0.3, 0.4) is 0 Å². The zero-order chi connectivity index (χ0) is 16.0. The van der Waals surface area contributed by atoms with Crippen LogP contribution in [0.2, 0.25) is 0 Å². The van der Waals surface area contributed by atoms with Crippen LogP contribution in [0.5, 0.6) is 0 Å². The highest BCUT2D eigenvalue weighted by atomic mass is 16.4. The highest BCUT2D eigenvalue weighted by molar-refractivity contribution is 5.94. The minimum Gasteiger partial charge on any atom is -0.480 e. The van der Waals surface area contributed by atoms with Crippen LogP contribution < -0.4 is 10.2 Å². The molecule has 1 unspecified atom stereocenters. The summed E-state index contributed by atoms with van der Waals surface area (Å²) in [5.74, 6) is -0.995. The minimum atomic E-state index is -0.995. The first-order valence-corrected chi connectivity index (χ1v) is 7.20. The van der Waals surface area contributed by atoms with E-state index in [-0.39, 0.29) is 0 Å². The molecule has 1 aromatic rings. The molecule has 0 saturated carbocycles. The average molecular weight is 292 g/mol. The Morgan fingerprint density at radius 1 is 1.24 bits per heavy atom. The van der Waals surface area contributed by atoms with E-state index < -0.39 is 18.0 Å². The van der Waals surface area contributed by atoms with E-state index in [2.05, 4.69) is 5.32 Å². The topological polar surface area (TPSA) is 69.6 Å². The lowest BCUT2D eigenvalue weighted by Gasteiger charge is -2.22. The number of benzene rings is 1. The molecule has 5 heteroatoms. The smallest absolute Gasteiger partial charge is 0.326 e.